The Morgan fingerprint density at radius 2 is 1.25 bits per heavy atom. The Morgan fingerprint density at radius 1 is 0.806 bits per heavy atom. The molecule has 2 heterocycles. The molecule has 0 aliphatic carbocycles. The smallest absolute Gasteiger partial charge is 0.269 e. The zero-order valence-electron chi connectivity index (χ0n) is 21.2. The summed E-state index contributed by atoms with van der Waals surface area (Å²) < 4.78 is 58.8. The Balaban J connectivity index is 0.000000205. The molecule has 0 unspecified atom stereocenters. The number of phenols is 1. The summed E-state index contributed by atoms with van der Waals surface area (Å²) in [5.74, 6) is -1.43. The van der Waals surface area contributed by atoms with Crippen LogP contribution >= 0.6 is 0 Å². The molecule has 2 aromatic rings. The molecule has 0 radical (unpaired) electrons. The maximum atomic E-state index is 14.4. The van der Waals surface area contributed by atoms with E-state index in [-0.39, 0.29) is 23.1 Å². The van der Waals surface area contributed by atoms with Crippen LogP contribution in [0.4, 0.5) is 8.78 Å². The van der Waals surface area contributed by atoms with E-state index in [0.717, 1.165) is 65.0 Å². The van der Waals surface area contributed by atoms with Gasteiger partial charge in [-0.2, -0.15) is 8.42 Å². The molecule has 2 saturated heterocycles. The van der Waals surface area contributed by atoms with Crippen molar-refractivity contribution in [3.63, 3.8) is 0 Å². The van der Waals surface area contributed by atoms with Crippen LogP contribution in [0.5, 0.6) is 5.75 Å². The van der Waals surface area contributed by atoms with Gasteiger partial charge in [-0.05, 0) is 94.0 Å². The highest BCUT2D eigenvalue weighted by molar-refractivity contribution is 7.85. The molecule has 2 fully saturated rings. The predicted octanol–water partition coefficient (Wildman–Crippen LogP) is 5.14. The second kappa shape index (κ2) is 12.9. The van der Waals surface area contributed by atoms with E-state index in [2.05, 4.69) is 23.6 Å². The van der Waals surface area contributed by atoms with E-state index >= 15 is 0 Å². The molecule has 0 amide bonds. The van der Waals surface area contributed by atoms with Crippen molar-refractivity contribution in [1.82, 2.24) is 9.80 Å². The largest absolute Gasteiger partial charge is 0.505 e. The monoisotopic (exact) mass is 524 g/mol. The molecular weight excluding hydrogens is 486 g/mol. The van der Waals surface area contributed by atoms with Crippen molar-refractivity contribution in [2.45, 2.75) is 57.1 Å². The SMILES string of the molecule is CCN1CCC(c2cccc(CS(=O)(=O)O)c2F)CC1.CCN1CCC(c2cccc(O)c2F)CC1. The highest BCUT2D eigenvalue weighted by atomic mass is 32.2. The van der Waals surface area contributed by atoms with Crippen LogP contribution in [-0.2, 0) is 15.9 Å². The number of rotatable bonds is 6. The lowest BCUT2D eigenvalue weighted by Crippen LogP contribution is -2.32. The maximum absolute atomic E-state index is 14.4. The highest BCUT2D eigenvalue weighted by Crippen LogP contribution is 2.33. The van der Waals surface area contributed by atoms with Gasteiger partial charge in [0.1, 0.15) is 11.6 Å². The Labute approximate surface area is 213 Å². The predicted molar refractivity (Wildman–Crippen MR) is 138 cm³/mol. The fourth-order valence-corrected chi connectivity index (χ4v) is 5.81. The van der Waals surface area contributed by atoms with Crippen LogP contribution in [0.3, 0.4) is 0 Å². The number of aromatic hydroxyl groups is 1. The Kier molecular flexibility index (Phi) is 10.2. The molecule has 2 N–H and O–H groups in total. The normalized spacial score (nSPS) is 18.6. The molecule has 2 aliphatic heterocycles. The number of halogens is 2. The summed E-state index contributed by atoms with van der Waals surface area (Å²) in [6, 6.07) is 9.70. The van der Waals surface area contributed by atoms with Crippen LogP contribution in [-0.4, -0.2) is 67.1 Å². The van der Waals surface area contributed by atoms with Crippen molar-refractivity contribution in [1.29, 1.82) is 0 Å². The minimum absolute atomic E-state index is 0.0444. The van der Waals surface area contributed by atoms with E-state index < -0.39 is 27.5 Å². The molecule has 0 aromatic heterocycles. The molecular formula is C27H38F2N2O4S. The summed E-state index contributed by atoms with van der Waals surface area (Å²) in [7, 11) is -4.21. The van der Waals surface area contributed by atoms with Crippen molar-refractivity contribution >= 4 is 10.1 Å². The Bertz CT molecular complexity index is 1100. The minimum atomic E-state index is -4.21. The Hall–Kier alpha value is -2.07. The lowest BCUT2D eigenvalue weighted by Gasteiger charge is -2.31. The summed E-state index contributed by atoms with van der Waals surface area (Å²) in [5.41, 5.74) is 1.29. The van der Waals surface area contributed by atoms with Gasteiger partial charge in [0.2, 0.25) is 0 Å². The summed E-state index contributed by atoms with van der Waals surface area (Å²) in [4.78, 5) is 4.69. The van der Waals surface area contributed by atoms with Gasteiger partial charge in [-0.1, -0.05) is 44.2 Å². The van der Waals surface area contributed by atoms with Crippen molar-refractivity contribution in [3.05, 3.63) is 64.7 Å². The number of hydrogen-bond acceptors (Lipinski definition) is 5. The zero-order chi connectivity index (χ0) is 26.3. The van der Waals surface area contributed by atoms with Gasteiger partial charge in [-0.25, -0.2) is 8.78 Å². The third-order valence-corrected chi connectivity index (χ3v) is 8.08. The molecule has 0 saturated carbocycles. The van der Waals surface area contributed by atoms with Gasteiger partial charge in [-0.3, -0.25) is 4.55 Å². The average molecular weight is 525 g/mol. The number of piperidine rings is 2. The zero-order valence-corrected chi connectivity index (χ0v) is 22.0. The molecule has 0 spiro atoms. The molecule has 200 valence electrons. The molecule has 36 heavy (non-hydrogen) atoms. The number of phenolic OH excluding ortho intramolecular Hbond substituents is 1. The quantitative estimate of drug-likeness (QED) is 0.509. The van der Waals surface area contributed by atoms with Crippen LogP contribution < -0.4 is 0 Å². The number of likely N-dealkylation sites (tertiary alicyclic amines) is 2. The minimum Gasteiger partial charge on any atom is -0.505 e. The van der Waals surface area contributed by atoms with Crippen molar-refractivity contribution in [2.24, 2.45) is 0 Å². The summed E-state index contributed by atoms with van der Waals surface area (Å²) in [6.45, 7) is 10.2. The molecule has 6 nitrogen and oxygen atoms in total. The lowest BCUT2D eigenvalue weighted by molar-refractivity contribution is 0.220. The van der Waals surface area contributed by atoms with Gasteiger partial charge in [0.25, 0.3) is 10.1 Å². The highest BCUT2D eigenvalue weighted by Gasteiger charge is 2.25. The van der Waals surface area contributed by atoms with Gasteiger partial charge < -0.3 is 14.9 Å². The average Bonchev–Trinajstić information content (AvgIpc) is 2.87. The molecule has 2 aromatic carbocycles. The second-order valence-electron chi connectivity index (χ2n) is 9.64. The molecule has 0 atom stereocenters. The van der Waals surface area contributed by atoms with Gasteiger partial charge >= 0.3 is 0 Å². The lowest BCUT2D eigenvalue weighted by atomic mass is 9.88. The van der Waals surface area contributed by atoms with E-state index in [1.54, 1.807) is 24.3 Å². The second-order valence-corrected chi connectivity index (χ2v) is 11.1. The maximum Gasteiger partial charge on any atom is 0.269 e. The standard InChI is InChI=1S/C14H20FNO3S.C13H18FNO/c1-2-16-8-6-11(7-9-16)13-5-3-4-12(14(13)15)10-20(17,18)19;1-2-15-8-6-10(7-9-15)11-4-3-5-12(16)13(11)14/h3-5,11H,2,6-10H2,1H3,(H,17,18,19);3-5,10,16H,2,6-9H2,1H3. The first-order valence-corrected chi connectivity index (χ1v) is 14.4. The molecule has 4 rings (SSSR count). The molecule has 0 bridgehead atoms. The van der Waals surface area contributed by atoms with E-state index in [4.69, 9.17) is 4.55 Å². The van der Waals surface area contributed by atoms with Crippen molar-refractivity contribution in [3.8, 4) is 5.75 Å². The topological polar surface area (TPSA) is 81.1 Å². The molecule has 2 aliphatic rings. The third kappa shape index (κ3) is 7.71. The van der Waals surface area contributed by atoms with Gasteiger partial charge in [0.05, 0.1) is 0 Å². The first kappa shape index (κ1) is 28.5. The summed E-state index contributed by atoms with van der Waals surface area (Å²) in [5, 5.41) is 9.34. The van der Waals surface area contributed by atoms with Crippen molar-refractivity contribution < 1.29 is 26.9 Å². The summed E-state index contributed by atoms with van der Waals surface area (Å²) in [6.07, 6.45) is 3.71. The van der Waals surface area contributed by atoms with Gasteiger partial charge in [0.15, 0.2) is 11.6 Å². The van der Waals surface area contributed by atoms with E-state index in [1.165, 1.54) is 12.1 Å². The number of nitrogens with zero attached hydrogens (tertiary/aromatic N) is 2. The summed E-state index contributed by atoms with van der Waals surface area (Å²) >= 11 is 0. The third-order valence-electron chi connectivity index (χ3n) is 7.40. The van der Waals surface area contributed by atoms with E-state index in [9.17, 15) is 22.3 Å². The van der Waals surface area contributed by atoms with E-state index in [1.807, 2.05) is 0 Å². The van der Waals surface area contributed by atoms with Crippen LogP contribution in [0.1, 0.15) is 68.1 Å². The first-order chi connectivity index (χ1) is 17.1. The van der Waals surface area contributed by atoms with Crippen molar-refractivity contribution in [2.75, 3.05) is 39.3 Å². The van der Waals surface area contributed by atoms with E-state index in [0.29, 0.717) is 11.1 Å². The van der Waals surface area contributed by atoms with Crippen LogP contribution in [0.2, 0.25) is 0 Å². The number of benzene rings is 2. The number of hydrogen-bond donors (Lipinski definition) is 2. The van der Waals surface area contributed by atoms with Crippen LogP contribution in [0.15, 0.2) is 36.4 Å². The van der Waals surface area contributed by atoms with Crippen LogP contribution in [0, 0.1) is 11.6 Å². The van der Waals surface area contributed by atoms with Crippen LogP contribution in [0.25, 0.3) is 0 Å². The van der Waals surface area contributed by atoms with Gasteiger partial charge in [-0.15, -0.1) is 0 Å². The fourth-order valence-electron chi connectivity index (χ4n) is 5.20. The fraction of sp³-hybridized carbons (Fsp3) is 0.556. The first-order valence-electron chi connectivity index (χ1n) is 12.8. The van der Waals surface area contributed by atoms with Gasteiger partial charge in [0, 0.05) is 5.56 Å². The molecule has 9 heteroatoms. The Morgan fingerprint density at radius 3 is 1.69 bits per heavy atom.